The predicted octanol–water partition coefficient (Wildman–Crippen LogP) is -0.242. The third-order valence-corrected chi connectivity index (χ3v) is 2.77. The van der Waals surface area contributed by atoms with E-state index < -0.39 is 5.69 Å². The topological polar surface area (TPSA) is 72.7 Å². The molecule has 0 bridgehead atoms. The Morgan fingerprint density at radius 1 is 1.47 bits per heavy atom. The Morgan fingerprint density at radius 2 is 2.20 bits per heavy atom. The quantitative estimate of drug-likeness (QED) is 0.699. The van der Waals surface area contributed by atoms with Gasteiger partial charge in [-0.25, -0.2) is 9.78 Å². The van der Waals surface area contributed by atoms with Crippen molar-refractivity contribution in [3.05, 3.63) is 27.2 Å². The maximum absolute atomic E-state index is 11.6. The van der Waals surface area contributed by atoms with Crippen LogP contribution in [-0.2, 0) is 7.05 Å². The minimum atomic E-state index is -0.423. The number of hydrogen-bond donors (Lipinski definition) is 1. The normalized spacial score (nSPS) is 16.1. The zero-order valence-corrected chi connectivity index (χ0v) is 8.23. The van der Waals surface area contributed by atoms with Crippen LogP contribution in [0.3, 0.4) is 0 Å². The second-order valence-corrected chi connectivity index (χ2v) is 3.87. The van der Waals surface area contributed by atoms with Crippen LogP contribution in [-0.4, -0.2) is 19.1 Å². The molecule has 2 heterocycles. The van der Waals surface area contributed by atoms with Gasteiger partial charge < -0.3 is 4.57 Å². The van der Waals surface area contributed by atoms with E-state index in [0.29, 0.717) is 17.2 Å². The lowest BCUT2D eigenvalue weighted by Gasteiger charge is -2.00. The molecule has 78 valence electrons. The van der Waals surface area contributed by atoms with E-state index in [1.54, 1.807) is 13.4 Å². The van der Waals surface area contributed by atoms with Crippen LogP contribution in [0.5, 0.6) is 0 Å². The molecule has 15 heavy (non-hydrogen) atoms. The van der Waals surface area contributed by atoms with Gasteiger partial charge in [0.15, 0.2) is 11.2 Å². The van der Waals surface area contributed by atoms with Crippen LogP contribution in [0.4, 0.5) is 0 Å². The molecule has 1 aliphatic carbocycles. The lowest BCUT2D eigenvalue weighted by Crippen LogP contribution is -2.29. The minimum Gasteiger partial charge on any atom is -0.322 e. The van der Waals surface area contributed by atoms with E-state index in [2.05, 4.69) is 9.97 Å². The Morgan fingerprint density at radius 3 is 2.87 bits per heavy atom. The maximum atomic E-state index is 11.6. The van der Waals surface area contributed by atoms with E-state index in [0.717, 1.165) is 12.8 Å². The average Bonchev–Trinajstić information content (AvgIpc) is 2.94. The molecule has 1 saturated carbocycles. The molecule has 0 unspecified atom stereocenters. The van der Waals surface area contributed by atoms with E-state index in [9.17, 15) is 9.59 Å². The van der Waals surface area contributed by atoms with Crippen LogP contribution < -0.4 is 11.2 Å². The number of H-pyrrole nitrogens is 1. The number of nitrogens with zero attached hydrogens (tertiary/aromatic N) is 3. The Labute approximate surface area is 84.2 Å². The number of aryl methyl sites for hydroxylation is 1. The van der Waals surface area contributed by atoms with Crippen LogP contribution in [0.15, 0.2) is 15.9 Å². The molecule has 0 saturated heterocycles. The highest BCUT2D eigenvalue weighted by Crippen LogP contribution is 2.35. The van der Waals surface area contributed by atoms with Crippen LogP contribution in [0.1, 0.15) is 18.9 Å². The van der Waals surface area contributed by atoms with Crippen molar-refractivity contribution in [1.29, 1.82) is 0 Å². The van der Waals surface area contributed by atoms with Gasteiger partial charge in [0.05, 0.1) is 6.33 Å². The Bertz CT molecular complexity index is 644. The number of nitrogens with one attached hydrogen (secondary N) is 1. The predicted molar refractivity (Wildman–Crippen MR) is 53.9 cm³/mol. The molecular weight excluding hydrogens is 196 g/mol. The van der Waals surface area contributed by atoms with Crippen LogP contribution in [0.25, 0.3) is 11.2 Å². The highest BCUT2D eigenvalue weighted by Gasteiger charge is 2.26. The molecule has 0 amide bonds. The van der Waals surface area contributed by atoms with Crippen molar-refractivity contribution in [2.24, 2.45) is 7.05 Å². The minimum absolute atomic E-state index is 0.350. The van der Waals surface area contributed by atoms with Crippen molar-refractivity contribution in [3.8, 4) is 0 Å². The molecule has 3 rings (SSSR count). The van der Waals surface area contributed by atoms with E-state index in [4.69, 9.17) is 0 Å². The Balaban J connectivity index is 2.49. The van der Waals surface area contributed by atoms with Crippen molar-refractivity contribution in [2.45, 2.75) is 18.9 Å². The molecule has 0 spiro atoms. The van der Waals surface area contributed by atoms with Gasteiger partial charge in [-0.15, -0.1) is 0 Å². The third kappa shape index (κ3) is 1.07. The number of fused-ring (bicyclic) bond motifs is 1. The second kappa shape index (κ2) is 2.59. The molecule has 1 fully saturated rings. The van der Waals surface area contributed by atoms with Crippen molar-refractivity contribution < 1.29 is 0 Å². The monoisotopic (exact) mass is 206 g/mol. The van der Waals surface area contributed by atoms with Crippen LogP contribution in [0, 0.1) is 0 Å². The highest BCUT2D eigenvalue weighted by molar-refractivity contribution is 5.70. The van der Waals surface area contributed by atoms with Crippen molar-refractivity contribution in [3.63, 3.8) is 0 Å². The summed E-state index contributed by atoms with van der Waals surface area (Å²) in [5, 5.41) is 0. The highest BCUT2D eigenvalue weighted by atomic mass is 16.2. The summed E-state index contributed by atoms with van der Waals surface area (Å²) in [7, 11) is 1.60. The number of aromatic amines is 1. The van der Waals surface area contributed by atoms with Crippen LogP contribution in [0.2, 0.25) is 0 Å². The molecule has 2 aromatic heterocycles. The summed E-state index contributed by atoms with van der Waals surface area (Å²) in [6.45, 7) is 0. The summed E-state index contributed by atoms with van der Waals surface area (Å²) in [5.74, 6) is 0. The fourth-order valence-electron chi connectivity index (χ4n) is 1.78. The van der Waals surface area contributed by atoms with Gasteiger partial charge in [-0.05, 0) is 12.8 Å². The number of rotatable bonds is 1. The third-order valence-electron chi connectivity index (χ3n) is 2.77. The summed E-state index contributed by atoms with van der Waals surface area (Å²) in [5.41, 5.74) is 0.182. The van der Waals surface area contributed by atoms with Crippen molar-refractivity contribution >= 4 is 11.2 Å². The molecule has 0 aromatic carbocycles. The Kier molecular flexibility index (Phi) is 1.46. The first-order valence-corrected chi connectivity index (χ1v) is 4.84. The van der Waals surface area contributed by atoms with Gasteiger partial charge in [0, 0.05) is 13.1 Å². The fraction of sp³-hybridized carbons (Fsp3) is 0.444. The number of aromatic nitrogens is 4. The van der Waals surface area contributed by atoms with Gasteiger partial charge in [0.1, 0.15) is 0 Å². The van der Waals surface area contributed by atoms with E-state index in [-0.39, 0.29) is 5.56 Å². The first-order chi connectivity index (χ1) is 7.18. The molecule has 1 aliphatic rings. The summed E-state index contributed by atoms with van der Waals surface area (Å²) < 4.78 is 3.21. The SMILES string of the molecule is Cn1c(=O)[nH]c(=O)c2c1ncn2C1CC1. The largest absolute Gasteiger partial charge is 0.329 e. The van der Waals surface area contributed by atoms with E-state index >= 15 is 0 Å². The first kappa shape index (κ1) is 8.46. The summed E-state index contributed by atoms with van der Waals surface area (Å²) in [6, 6.07) is 0.383. The zero-order chi connectivity index (χ0) is 10.6. The molecule has 6 nitrogen and oxygen atoms in total. The van der Waals surface area contributed by atoms with Crippen LogP contribution >= 0.6 is 0 Å². The molecule has 6 heteroatoms. The van der Waals surface area contributed by atoms with Gasteiger partial charge in [0.2, 0.25) is 0 Å². The fourth-order valence-corrected chi connectivity index (χ4v) is 1.78. The first-order valence-electron chi connectivity index (χ1n) is 4.84. The number of imidazole rings is 1. The molecule has 2 aromatic rings. The average molecular weight is 206 g/mol. The smallest absolute Gasteiger partial charge is 0.322 e. The van der Waals surface area contributed by atoms with Gasteiger partial charge >= 0.3 is 5.69 Å². The van der Waals surface area contributed by atoms with Gasteiger partial charge in [0.25, 0.3) is 5.56 Å². The van der Waals surface area contributed by atoms with Crippen molar-refractivity contribution in [1.82, 2.24) is 19.1 Å². The summed E-state index contributed by atoms with van der Waals surface area (Å²) >= 11 is 0. The van der Waals surface area contributed by atoms with Gasteiger partial charge in [-0.3, -0.25) is 14.3 Å². The van der Waals surface area contributed by atoms with E-state index in [1.807, 2.05) is 4.57 Å². The number of hydrogen-bond acceptors (Lipinski definition) is 3. The second-order valence-electron chi connectivity index (χ2n) is 3.87. The Hall–Kier alpha value is -1.85. The van der Waals surface area contributed by atoms with Gasteiger partial charge in [-0.1, -0.05) is 0 Å². The molecule has 0 radical (unpaired) electrons. The molecule has 1 N–H and O–H groups in total. The van der Waals surface area contributed by atoms with E-state index in [1.165, 1.54) is 4.57 Å². The molecule has 0 aliphatic heterocycles. The summed E-state index contributed by atoms with van der Waals surface area (Å²) in [6.07, 6.45) is 3.79. The maximum Gasteiger partial charge on any atom is 0.329 e. The van der Waals surface area contributed by atoms with Gasteiger partial charge in [-0.2, -0.15) is 0 Å². The molecular formula is C9H10N4O2. The molecule has 0 atom stereocenters. The summed E-state index contributed by atoms with van der Waals surface area (Å²) in [4.78, 5) is 29.3. The van der Waals surface area contributed by atoms with Crippen molar-refractivity contribution in [2.75, 3.05) is 0 Å². The standard InChI is InChI=1S/C9H10N4O2/c1-12-7-6(8(14)11-9(12)15)13(4-10-7)5-2-3-5/h4-5H,2-3H2,1H3,(H,11,14,15). The lowest BCUT2D eigenvalue weighted by molar-refractivity contribution is 0.758. The zero-order valence-electron chi connectivity index (χ0n) is 8.23. The lowest BCUT2D eigenvalue weighted by atomic mass is 10.5.